The lowest BCUT2D eigenvalue weighted by Gasteiger charge is -2.18. The third-order valence-electron chi connectivity index (χ3n) is 4.42. The van der Waals surface area contributed by atoms with Crippen molar-refractivity contribution in [3.63, 3.8) is 0 Å². The van der Waals surface area contributed by atoms with Gasteiger partial charge in [0.1, 0.15) is 5.75 Å². The fourth-order valence-electron chi connectivity index (χ4n) is 3.38. The lowest BCUT2D eigenvalue weighted by molar-refractivity contribution is 0.409. The zero-order valence-corrected chi connectivity index (χ0v) is 14.7. The summed E-state index contributed by atoms with van der Waals surface area (Å²) in [6.07, 6.45) is 1.66. The molecule has 120 valence electrons. The average molecular weight is 307 g/mol. The fraction of sp³-hybridized carbons (Fsp3) is 0.381. The molecule has 2 aromatic rings. The summed E-state index contributed by atoms with van der Waals surface area (Å²) in [7, 11) is 1.69. The number of nitriles is 1. The first-order valence-electron chi connectivity index (χ1n) is 8.13. The SMILES string of the molecule is CCc1ccc(OC)c(CC(C#N)c2c(C)cc(C)cc2C)c1. The molecule has 0 aliphatic rings. The molecule has 0 saturated heterocycles. The maximum Gasteiger partial charge on any atom is 0.122 e. The van der Waals surface area contributed by atoms with Crippen LogP contribution >= 0.6 is 0 Å². The van der Waals surface area contributed by atoms with Crippen LogP contribution in [-0.4, -0.2) is 7.11 Å². The van der Waals surface area contributed by atoms with E-state index in [-0.39, 0.29) is 5.92 Å². The van der Waals surface area contributed by atoms with Crippen LogP contribution in [0.1, 0.15) is 46.2 Å². The molecule has 0 radical (unpaired) electrons. The predicted molar refractivity (Wildman–Crippen MR) is 95.1 cm³/mol. The molecule has 2 aromatic carbocycles. The molecule has 0 N–H and O–H groups in total. The van der Waals surface area contributed by atoms with Gasteiger partial charge in [0, 0.05) is 0 Å². The summed E-state index contributed by atoms with van der Waals surface area (Å²) < 4.78 is 5.50. The molecule has 0 saturated carbocycles. The van der Waals surface area contributed by atoms with Crippen LogP contribution in [0.3, 0.4) is 0 Å². The van der Waals surface area contributed by atoms with E-state index in [4.69, 9.17) is 4.74 Å². The van der Waals surface area contributed by atoms with Crippen LogP contribution in [0.2, 0.25) is 0 Å². The molecule has 0 aliphatic heterocycles. The first-order valence-corrected chi connectivity index (χ1v) is 8.13. The van der Waals surface area contributed by atoms with Crippen LogP contribution in [-0.2, 0) is 12.8 Å². The molecule has 23 heavy (non-hydrogen) atoms. The first-order chi connectivity index (χ1) is 11.0. The summed E-state index contributed by atoms with van der Waals surface area (Å²) in [5.41, 5.74) is 7.17. The zero-order chi connectivity index (χ0) is 17.0. The van der Waals surface area contributed by atoms with Crippen molar-refractivity contribution in [3.05, 3.63) is 63.7 Å². The number of methoxy groups -OCH3 is 1. The zero-order valence-electron chi connectivity index (χ0n) is 14.7. The minimum atomic E-state index is -0.156. The lowest BCUT2D eigenvalue weighted by atomic mass is 9.85. The maximum atomic E-state index is 9.76. The predicted octanol–water partition coefficient (Wildman–Crippen LogP) is 5.03. The molecule has 1 unspecified atom stereocenters. The molecular formula is C21H25NO. The highest BCUT2D eigenvalue weighted by atomic mass is 16.5. The molecule has 0 spiro atoms. The molecule has 2 rings (SSSR count). The number of benzene rings is 2. The van der Waals surface area contributed by atoms with Crippen molar-refractivity contribution in [2.24, 2.45) is 0 Å². The van der Waals surface area contributed by atoms with E-state index in [1.165, 1.54) is 22.3 Å². The van der Waals surface area contributed by atoms with E-state index in [1.54, 1.807) is 7.11 Å². The summed E-state index contributed by atoms with van der Waals surface area (Å²) in [5.74, 6) is 0.710. The van der Waals surface area contributed by atoms with Gasteiger partial charge in [0.15, 0.2) is 0 Å². The maximum absolute atomic E-state index is 9.76. The fourth-order valence-corrected chi connectivity index (χ4v) is 3.38. The van der Waals surface area contributed by atoms with Crippen molar-refractivity contribution in [2.45, 2.75) is 46.5 Å². The van der Waals surface area contributed by atoms with E-state index >= 15 is 0 Å². The first kappa shape index (κ1) is 17.1. The second-order valence-electron chi connectivity index (χ2n) is 6.20. The number of hydrogen-bond donors (Lipinski definition) is 0. The summed E-state index contributed by atoms with van der Waals surface area (Å²) >= 11 is 0. The Kier molecular flexibility index (Phi) is 5.45. The third-order valence-corrected chi connectivity index (χ3v) is 4.42. The monoisotopic (exact) mass is 307 g/mol. The van der Waals surface area contributed by atoms with E-state index in [0.29, 0.717) is 6.42 Å². The molecule has 2 nitrogen and oxygen atoms in total. The number of rotatable bonds is 5. The van der Waals surface area contributed by atoms with Crippen molar-refractivity contribution in [2.75, 3.05) is 7.11 Å². The lowest BCUT2D eigenvalue weighted by Crippen LogP contribution is -2.07. The van der Waals surface area contributed by atoms with E-state index in [9.17, 15) is 5.26 Å². The summed E-state index contributed by atoms with van der Waals surface area (Å²) in [5, 5.41) is 9.76. The van der Waals surface area contributed by atoms with E-state index < -0.39 is 0 Å². The Morgan fingerprint density at radius 2 is 1.74 bits per heavy atom. The van der Waals surface area contributed by atoms with Crippen LogP contribution in [0.25, 0.3) is 0 Å². The second-order valence-corrected chi connectivity index (χ2v) is 6.20. The van der Waals surface area contributed by atoms with Gasteiger partial charge in [-0.05, 0) is 67.5 Å². The molecule has 0 bridgehead atoms. The van der Waals surface area contributed by atoms with E-state index in [2.05, 4.69) is 58.0 Å². The van der Waals surface area contributed by atoms with Gasteiger partial charge in [-0.15, -0.1) is 0 Å². The second kappa shape index (κ2) is 7.33. The normalized spacial score (nSPS) is 11.8. The van der Waals surface area contributed by atoms with E-state index in [1.807, 2.05) is 6.07 Å². The van der Waals surface area contributed by atoms with E-state index in [0.717, 1.165) is 23.3 Å². The summed E-state index contributed by atoms with van der Waals surface area (Å²) in [6, 6.07) is 13.1. The van der Waals surface area contributed by atoms with Crippen LogP contribution in [0.5, 0.6) is 5.75 Å². The van der Waals surface area contributed by atoms with Crippen LogP contribution in [0.4, 0.5) is 0 Å². The molecule has 0 heterocycles. The standard InChI is InChI=1S/C21H25NO/c1-6-17-7-8-20(23-5)18(11-17)12-19(13-22)21-15(3)9-14(2)10-16(21)4/h7-11,19H,6,12H2,1-5H3. The molecule has 1 atom stereocenters. The summed E-state index contributed by atoms with van der Waals surface area (Å²) in [6.45, 7) is 8.43. The Morgan fingerprint density at radius 3 is 2.26 bits per heavy atom. The van der Waals surface area contributed by atoms with Crippen LogP contribution in [0, 0.1) is 32.1 Å². The Bertz CT molecular complexity index is 717. The molecule has 0 fully saturated rings. The van der Waals surface area contributed by atoms with Gasteiger partial charge < -0.3 is 4.74 Å². The highest BCUT2D eigenvalue weighted by Crippen LogP contribution is 2.31. The van der Waals surface area contributed by atoms with Crippen molar-refractivity contribution < 1.29 is 4.74 Å². The van der Waals surface area contributed by atoms with Gasteiger partial charge in [0.25, 0.3) is 0 Å². The smallest absolute Gasteiger partial charge is 0.122 e. The Morgan fingerprint density at radius 1 is 1.09 bits per heavy atom. The van der Waals surface area contributed by atoms with Gasteiger partial charge in [-0.1, -0.05) is 36.8 Å². The average Bonchev–Trinajstić information content (AvgIpc) is 2.52. The third kappa shape index (κ3) is 3.74. The van der Waals surface area contributed by atoms with Crippen molar-refractivity contribution in [1.29, 1.82) is 5.26 Å². The largest absolute Gasteiger partial charge is 0.496 e. The quantitative estimate of drug-likeness (QED) is 0.776. The number of ether oxygens (including phenoxy) is 1. The van der Waals surface area contributed by atoms with Gasteiger partial charge in [0.2, 0.25) is 0 Å². The number of nitrogens with zero attached hydrogens (tertiary/aromatic N) is 1. The van der Waals surface area contributed by atoms with Gasteiger partial charge in [-0.3, -0.25) is 0 Å². The van der Waals surface area contributed by atoms with Crippen molar-refractivity contribution in [3.8, 4) is 11.8 Å². The molecule has 2 heteroatoms. The van der Waals surface area contributed by atoms with Crippen LogP contribution < -0.4 is 4.74 Å². The molecule has 0 amide bonds. The summed E-state index contributed by atoms with van der Waals surface area (Å²) in [4.78, 5) is 0. The number of aryl methyl sites for hydroxylation is 4. The molecular weight excluding hydrogens is 282 g/mol. The van der Waals surface area contributed by atoms with Gasteiger partial charge in [-0.2, -0.15) is 5.26 Å². The van der Waals surface area contributed by atoms with Gasteiger partial charge in [0.05, 0.1) is 19.1 Å². The van der Waals surface area contributed by atoms with Gasteiger partial charge in [-0.25, -0.2) is 0 Å². The van der Waals surface area contributed by atoms with Gasteiger partial charge >= 0.3 is 0 Å². The van der Waals surface area contributed by atoms with Crippen LogP contribution in [0.15, 0.2) is 30.3 Å². The molecule has 0 aliphatic carbocycles. The topological polar surface area (TPSA) is 33.0 Å². The van der Waals surface area contributed by atoms with Crippen molar-refractivity contribution in [1.82, 2.24) is 0 Å². The highest BCUT2D eigenvalue weighted by Gasteiger charge is 2.19. The van der Waals surface area contributed by atoms with Crippen molar-refractivity contribution >= 4 is 0 Å². The Labute approximate surface area is 139 Å². The highest BCUT2D eigenvalue weighted by molar-refractivity contribution is 5.45. The number of hydrogen-bond acceptors (Lipinski definition) is 2. The minimum Gasteiger partial charge on any atom is -0.496 e. The Balaban J connectivity index is 2.43. The molecule has 0 aromatic heterocycles. The minimum absolute atomic E-state index is 0.156. The Hall–Kier alpha value is -2.27.